The van der Waals surface area contributed by atoms with Crippen molar-refractivity contribution in [3.63, 3.8) is 0 Å². The van der Waals surface area contributed by atoms with Gasteiger partial charge in [0, 0.05) is 39.2 Å². The van der Waals surface area contributed by atoms with Crippen molar-refractivity contribution in [1.29, 1.82) is 0 Å². The average molecular weight is 296 g/mol. The summed E-state index contributed by atoms with van der Waals surface area (Å²) in [6.07, 6.45) is 3.53. The Labute approximate surface area is 124 Å². The third-order valence-electron chi connectivity index (χ3n) is 3.02. The van der Waals surface area contributed by atoms with Gasteiger partial charge >= 0.3 is 0 Å². The summed E-state index contributed by atoms with van der Waals surface area (Å²) in [6.45, 7) is 0. The first kappa shape index (κ1) is 13.3. The number of amides is 1. The molecule has 0 aliphatic heterocycles. The van der Waals surface area contributed by atoms with Gasteiger partial charge in [0.15, 0.2) is 5.96 Å². The number of guanidine groups is 1. The zero-order valence-electron chi connectivity index (χ0n) is 11.0. The Hall–Kier alpha value is -2.73. The summed E-state index contributed by atoms with van der Waals surface area (Å²) in [4.78, 5) is 19.6. The normalized spacial score (nSPS) is 10.5. The average Bonchev–Trinajstić information content (AvgIpc) is 2.90. The van der Waals surface area contributed by atoms with Crippen molar-refractivity contribution in [2.24, 2.45) is 16.5 Å². The molecule has 0 aliphatic carbocycles. The number of hydrogen-bond acceptors (Lipinski definition) is 3. The van der Waals surface area contributed by atoms with E-state index in [1.54, 1.807) is 29.8 Å². The van der Waals surface area contributed by atoms with Crippen LogP contribution in [-0.4, -0.2) is 16.9 Å². The van der Waals surface area contributed by atoms with E-state index in [9.17, 15) is 4.79 Å². The minimum absolute atomic E-state index is 0.238. The van der Waals surface area contributed by atoms with Crippen LogP contribution < -0.4 is 11.5 Å². The van der Waals surface area contributed by atoms with Gasteiger partial charge in [-0.1, -0.05) is 6.07 Å². The molecule has 6 heteroatoms. The summed E-state index contributed by atoms with van der Waals surface area (Å²) in [5.41, 5.74) is 13.0. The number of nitrogens with two attached hydrogens (primary N) is 2. The second kappa shape index (κ2) is 5.34. The maximum absolute atomic E-state index is 11.9. The van der Waals surface area contributed by atoms with Gasteiger partial charge in [-0.05, 0) is 29.6 Å². The molecule has 104 valence electrons. The number of nitrogens with zero attached hydrogens (tertiary/aromatic N) is 2. The topological polar surface area (TPSA) is 94.4 Å². The molecule has 1 amide bonds. The highest BCUT2D eigenvalue weighted by atomic mass is 32.1. The lowest BCUT2D eigenvalue weighted by Crippen LogP contribution is -2.24. The number of aliphatic imine (C=N–C) groups is 1. The van der Waals surface area contributed by atoms with E-state index >= 15 is 0 Å². The van der Waals surface area contributed by atoms with E-state index in [2.05, 4.69) is 15.4 Å². The van der Waals surface area contributed by atoms with Gasteiger partial charge in [-0.15, -0.1) is 11.3 Å². The molecule has 4 N–H and O–H groups in total. The fourth-order valence-electron chi connectivity index (χ4n) is 2.09. The number of hydrogen-bond donors (Lipinski definition) is 2. The Morgan fingerprint density at radius 3 is 2.81 bits per heavy atom. The summed E-state index contributed by atoms with van der Waals surface area (Å²) >= 11 is 1.62. The molecule has 0 fully saturated rings. The van der Waals surface area contributed by atoms with E-state index in [4.69, 9.17) is 11.5 Å². The van der Waals surface area contributed by atoms with Crippen LogP contribution in [0.3, 0.4) is 0 Å². The van der Waals surface area contributed by atoms with E-state index in [0.717, 1.165) is 21.2 Å². The summed E-state index contributed by atoms with van der Waals surface area (Å²) in [5, 5.41) is 3.04. The van der Waals surface area contributed by atoms with E-state index in [0.29, 0.717) is 5.56 Å². The molecule has 0 unspecified atom stereocenters. The molecule has 0 saturated heterocycles. The molecule has 2 heterocycles. The molecule has 0 aliphatic rings. The van der Waals surface area contributed by atoms with Crippen molar-refractivity contribution in [2.75, 3.05) is 0 Å². The largest absolute Gasteiger partial charge is 0.370 e. The number of rotatable bonds is 2. The van der Waals surface area contributed by atoms with Gasteiger partial charge in [0.1, 0.15) is 0 Å². The predicted molar refractivity (Wildman–Crippen MR) is 85.2 cm³/mol. The van der Waals surface area contributed by atoms with Gasteiger partial charge in [0.25, 0.3) is 5.91 Å². The molecule has 1 aromatic carbocycles. The molecule has 2 aromatic heterocycles. The second-order valence-electron chi connectivity index (χ2n) is 4.44. The molecule has 0 bridgehead atoms. The highest BCUT2D eigenvalue weighted by Gasteiger charge is 2.11. The zero-order chi connectivity index (χ0) is 14.8. The van der Waals surface area contributed by atoms with Crippen LogP contribution in [0.25, 0.3) is 21.2 Å². The molecule has 0 atom stereocenters. The molecule has 21 heavy (non-hydrogen) atoms. The lowest BCUT2D eigenvalue weighted by molar-refractivity contribution is 0.100. The van der Waals surface area contributed by atoms with E-state index in [1.807, 2.05) is 24.3 Å². The standard InChI is InChI=1S/C15H12N4OS/c16-15(17)19-14(20)9-3-4-13-11(6-9)12(8-21-13)10-2-1-5-18-7-10/h1-8H,(H4,16,17,19,20). The minimum atomic E-state index is -0.444. The Balaban J connectivity index is 2.13. The van der Waals surface area contributed by atoms with Gasteiger partial charge < -0.3 is 11.5 Å². The Morgan fingerprint density at radius 2 is 2.10 bits per heavy atom. The molecule has 0 saturated carbocycles. The third kappa shape index (κ3) is 2.61. The van der Waals surface area contributed by atoms with E-state index in [1.165, 1.54) is 0 Å². The van der Waals surface area contributed by atoms with Crippen molar-refractivity contribution in [1.82, 2.24) is 4.98 Å². The minimum Gasteiger partial charge on any atom is -0.370 e. The van der Waals surface area contributed by atoms with Gasteiger partial charge in [-0.2, -0.15) is 4.99 Å². The van der Waals surface area contributed by atoms with Crippen molar-refractivity contribution < 1.29 is 4.79 Å². The van der Waals surface area contributed by atoms with Crippen LogP contribution in [0.4, 0.5) is 0 Å². The van der Waals surface area contributed by atoms with Crippen LogP contribution in [0.5, 0.6) is 0 Å². The Bertz CT molecular complexity index is 835. The number of fused-ring (bicyclic) bond motifs is 1. The highest BCUT2D eigenvalue weighted by Crippen LogP contribution is 2.34. The maximum atomic E-state index is 11.9. The van der Waals surface area contributed by atoms with E-state index in [-0.39, 0.29) is 5.96 Å². The molecule has 0 spiro atoms. The predicted octanol–water partition coefficient (Wildman–Crippen LogP) is 2.38. The molecule has 3 aromatic rings. The van der Waals surface area contributed by atoms with Crippen LogP contribution in [0.15, 0.2) is 53.1 Å². The second-order valence-corrected chi connectivity index (χ2v) is 5.36. The first-order valence-electron chi connectivity index (χ1n) is 6.21. The van der Waals surface area contributed by atoms with Crippen LogP contribution >= 0.6 is 11.3 Å². The van der Waals surface area contributed by atoms with E-state index < -0.39 is 5.91 Å². The van der Waals surface area contributed by atoms with Gasteiger partial charge in [0.2, 0.25) is 0 Å². The van der Waals surface area contributed by atoms with Crippen molar-refractivity contribution in [3.05, 3.63) is 53.7 Å². The SMILES string of the molecule is NC(N)=NC(=O)c1ccc2scc(-c3cccnc3)c2c1. The monoisotopic (exact) mass is 296 g/mol. The number of thiophene rings is 1. The number of aromatic nitrogens is 1. The number of carbonyl (C=O) groups is 1. The molecular formula is C15H12N4OS. The van der Waals surface area contributed by atoms with Crippen LogP contribution in [0, 0.1) is 0 Å². The quantitative estimate of drug-likeness (QED) is 0.560. The number of pyridine rings is 1. The van der Waals surface area contributed by atoms with Gasteiger partial charge in [-0.3, -0.25) is 9.78 Å². The third-order valence-corrected chi connectivity index (χ3v) is 3.99. The summed E-state index contributed by atoms with van der Waals surface area (Å²) in [6, 6.07) is 9.30. The smallest absolute Gasteiger partial charge is 0.280 e. The zero-order valence-corrected chi connectivity index (χ0v) is 11.8. The number of benzene rings is 1. The van der Waals surface area contributed by atoms with Crippen LogP contribution in [-0.2, 0) is 0 Å². The fourth-order valence-corrected chi connectivity index (χ4v) is 3.04. The summed E-state index contributed by atoms with van der Waals surface area (Å²) in [5.74, 6) is -0.682. The van der Waals surface area contributed by atoms with Gasteiger partial charge in [0.05, 0.1) is 0 Å². The fraction of sp³-hybridized carbons (Fsp3) is 0. The van der Waals surface area contributed by atoms with Crippen molar-refractivity contribution in [3.8, 4) is 11.1 Å². The molecule has 0 radical (unpaired) electrons. The maximum Gasteiger partial charge on any atom is 0.280 e. The van der Waals surface area contributed by atoms with Crippen molar-refractivity contribution in [2.45, 2.75) is 0 Å². The van der Waals surface area contributed by atoms with Crippen LogP contribution in [0.1, 0.15) is 10.4 Å². The van der Waals surface area contributed by atoms with Gasteiger partial charge in [-0.25, -0.2) is 0 Å². The van der Waals surface area contributed by atoms with Crippen molar-refractivity contribution >= 4 is 33.3 Å². The summed E-state index contributed by atoms with van der Waals surface area (Å²) < 4.78 is 1.09. The molecule has 5 nitrogen and oxygen atoms in total. The molecule has 3 rings (SSSR count). The lowest BCUT2D eigenvalue weighted by atomic mass is 10.0. The summed E-state index contributed by atoms with van der Waals surface area (Å²) in [7, 11) is 0. The Morgan fingerprint density at radius 1 is 1.24 bits per heavy atom. The Kier molecular flexibility index (Phi) is 3.37. The first-order valence-corrected chi connectivity index (χ1v) is 7.09. The first-order chi connectivity index (χ1) is 10.1. The number of carbonyl (C=O) groups excluding carboxylic acids is 1. The highest BCUT2D eigenvalue weighted by molar-refractivity contribution is 7.17. The van der Waals surface area contributed by atoms with Crippen LogP contribution in [0.2, 0.25) is 0 Å². The lowest BCUT2D eigenvalue weighted by Gasteiger charge is -2.01. The molecular weight excluding hydrogens is 284 g/mol.